The summed E-state index contributed by atoms with van der Waals surface area (Å²) in [6, 6.07) is 5.53. The number of hydrogen-bond acceptors (Lipinski definition) is 3. The minimum Gasteiger partial charge on any atom is -0.406 e. The van der Waals surface area contributed by atoms with Gasteiger partial charge in [0.1, 0.15) is 5.75 Å². The van der Waals surface area contributed by atoms with Crippen molar-refractivity contribution < 1.29 is 22.7 Å². The number of nitrogens with one attached hydrogen (secondary N) is 2. The van der Waals surface area contributed by atoms with Crippen LogP contribution in [0.1, 0.15) is 25.3 Å². The van der Waals surface area contributed by atoms with E-state index in [-0.39, 0.29) is 17.7 Å². The van der Waals surface area contributed by atoms with Crippen LogP contribution in [0.3, 0.4) is 0 Å². The highest BCUT2D eigenvalue weighted by Crippen LogP contribution is 2.25. The molecule has 7 heteroatoms. The van der Waals surface area contributed by atoms with E-state index in [4.69, 9.17) is 0 Å². The molecule has 0 radical (unpaired) electrons. The molecule has 21 heavy (non-hydrogen) atoms. The van der Waals surface area contributed by atoms with Crippen molar-refractivity contribution in [3.05, 3.63) is 29.8 Å². The highest BCUT2D eigenvalue weighted by atomic mass is 19.4. The van der Waals surface area contributed by atoms with E-state index in [0.717, 1.165) is 0 Å². The lowest BCUT2D eigenvalue weighted by molar-refractivity contribution is -0.274. The summed E-state index contributed by atoms with van der Waals surface area (Å²) in [6.07, 6.45) is -4.72. The van der Waals surface area contributed by atoms with Gasteiger partial charge < -0.3 is 15.4 Å². The Morgan fingerprint density at radius 3 is 2.24 bits per heavy atom. The van der Waals surface area contributed by atoms with E-state index >= 15 is 0 Å². The van der Waals surface area contributed by atoms with Gasteiger partial charge in [0.05, 0.1) is 5.92 Å². The first kappa shape index (κ1) is 17.3. The van der Waals surface area contributed by atoms with Gasteiger partial charge in [0.25, 0.3) is 0 Å². The van der Waals surface area contributed by atoms with Crippen molar-refractivity contribution in [2.45, 2.75) is 32.2 Å². The van der Waals surface area contributed by atoms with Crippen molar-refractivity contribution in [1.82, 2.24) is 10.6 Å². The van der Waals surface area contributed by atoms with Crippen molar-refractivity contribution in [3.8, 4) is 5.75 Å². The maximum Gasteiger partial charge on any atom is 0.573 e. The molecule has 0 aliphatic carbocycles. The Morgan fingerprint density at radius 1 is 1.24 bits per heavy atom. The maximum absolute atomic E-state index is 12.1. The zero-order valence-corrected chi connectivity index (χ0v) is 12.1. The predicted octanol–water partition coefficient (Wildman–Crippen LogP) is 2.41. The second-order valence-electron chi connectivity index (χ2n) is 4.85. The molecule has 0 heterocycles. The van der Waals surface area contributed by atoms with Crippen LogP contribution in [-0.2, 0) is 4.79 Å². The topological polar surface area (TPSA) is 50.4 Å². The van der Waals surface area contributed by atoms with Gasteiger partial charge in [-0.15, -0.1) is 13.2 Å². The molecule has 1 aromatic rings. The van der Waals surface area contributed by atoms with Crippen LogP contribution in [0.4, 0.5) is 13.2 Å². The molecule has 1 aromatic carbocycles. The number of likely N-dealkylation sites (N-methyl/N-ethyl adjacent to an activating group) is 1. The van der Waals surface area contributed by atoms with Gasteiger partial charge in [-0.25, -0.2) is 0 Å². The number of alkyl halides is 3. The van der Waals surface area contributed by atoms with Gasteiger partial charge >= 0.3 is 6.36 Å². The molecule has 1 atom stereocenters. The number of rotatable bonds is 6. The van der Waals surface area contributed by atoms with Crippen LogP contribution in [0.15, 0.2) is 24.3 Å². The molecule has 2 N–H and O–H groups in total. The summed E-state index contributed by atoms with van der Waals surface area (Å²) in [5.41, 5.74) is 0.622. The number of ether oxygens (including phenoxy) is 1. The zero-order chi connectivity index (χ0) is 16.0. The molecule has 0 aromatic heterocycles. The number of benzene rings is 1. The van der Waals surface area contributed by atoms with E-state index in [1.165, 1.54) is 31.3 Å². The third-order valence-corrected chi connectivity index (χ3v) is 2.81. The smallest absolute Gasteiger partial charge is 0.406 e. The second-order valence-corrected chi connectivity index (χ2v) is 4.85. The largest absolute Gasteiger partial charge is 0.573 e. The molecule has 1 amide bonds. The number of hydrogen-bond donors (Lipinski definition) is 2. The Labute approximate surface area is 121 Å². The van der Waals surface area contributed by atoms with E-state index < -0.39 is 12.3 Å². The Bertz CT molecular complexity index is 458. The molecule has 0 spiro atoms. The molecule has 118 valence electrons. The average Bonchev–Trinajstić information content (AvgIpc) is 2.38. The van der Waals surface area contributed by atoms with Crippen LogP contribution in [0.5, 0.6) is 5.75 Å². The molecule has 0 aliphatic heterocycles. The highest BCUT2D eigenvalue weighted by Gasteiger charge is 2.31. The standard InChI is InChI=1S/C14H19F3N2O2/c1-9(2)19-8-12(13(20)18-3)10-4-6-11(7-5-10)21-14(15,16)17/h4-7,9,12,19H,8H2,1-3H3,(H,18,20)/t12-/m1/s1. The number of amides is 1. The third-order valence-electron chi connectivity index (χ3n) is 2.81. The molecule has 0 fully saturated rings. The lowest BCUT2D eigenvalue weighted by atomic mass is 9.97. The van der Waals surface area contributed by atoms with Gasteiger partial charge in [0.15, 0.2) is 0 Å². The first-order chi connectivity index (χ1) is 9.73. The number of carbonyl (C=O) groups excluding carboxylic acids is 1. The fourth-order valence-electron chi connectivity index (χ4n) is 1.79. The van der Waals surface area contributed by atoms with Gasteiger partial charge in [-0.3, -0.25) is 4.79 Å². The van der Waals surface area contributed by atoms with Crippen LogP contribution >= 0.6 is 0 Å². The lowest BCUT2D eigenvalue weighted by Crippen LogP contribution is -2.36. The zero-order valence-electron chi connectivity index (χ0n) is 12.1. The molecule has 0 unspecified atom stereocenters. The minimum atomic E-state index is -4.72. The minimum absolute atomic E-state index is 0.199. The quantitative estimate of drug-likeness (QED) is 0.848. The molecule has 4 nitrogen and oxygen atoms in total. The average molecular weight is 304 g/mol. The third kappa shape index (κ3) is 6.03. The maximum atomic E-state index is 12.1. The van der Waals surface area contributed by atoms with Crippen LogP contribution in [-0.4, -0.2) is 31.9 Å². The molecule has 1 rings (SSSR count). The fraction of sp³-hybridized carbons (Fsp3) is 0.500. The Kier molecular flexibility index (Phi) is 6.02. The monoisotopic (exact) mass is 304 g/mol. The number of halogens is 3. The molecule has 0 saturated carbocycles. The first-order valence-corrected chi connectivity index (χ1v) is 6.53. The van der Waals surface area contributed by atoms with Crippen molar-refractivity contribution >= 4 is 5.91 Å². The van der Waals surface area contributed by atoms with E-state index in [1.807, 2.05) is 13.8 Å². The van der Waals surface area contributed by atoms with Gasteiger partial charge in [0, 0.05) is 19.6 Å². The molecule has 0 bridgehead atoms. The summed E-state index contributed by atoms with van der Waals surface area (Å²) < 4.78 is 40.1. The first-order valence-electron chi connectivity index (χ1n) is 6.53. The van der Waals surface area contributed by atoms with Gasteiger partial charge in [-0.2, -0.15) is 0 Å². The van der Waals surface area contributed by atoms with Crippen molar-refractivity contribution in [2.24, 2.45) is 0 Å². The van der Waals surface area contributed by atoms with Crippen LogP contribution in [0, 0.1) is 0 Å². The van der Waals surface area contributed by atoms with E-state index in [1.54, 1.807) is 0 Å². The second kappa shape index (κ2) is 7.31. The van der Waals surface area contributed by atoms with Gasteiger partial charge in [-0.05, 0) is 17.7 Å². The lowest BCUT2D eigenvalue weighted by Gasteiger charge is -2.19. The number of carbonyl (C=O) groups is 1. The Morgan fingerprint density at radius 2 is 1.81 bits per heavy atom. The van der Waals surface area contributed by atoms with Gasteiger partial charge in [0.2, 0.25) is 5.91 Å². The highest BCUT2D eigenvalue weighted by molar-refractivity contribution is 5.83. The van der Waals surface area contributed by atoms with Gasteiger partial charge in [-0.1, -0.05) is 26.0 Å². The van der Waals surface area contributed by atoms with Crippen LogP contribution < -0.4 is 15.4 Å². The van der Waals surface area contributed by atoms with E-state index in [2.05, 4.69) is 15.4 Å². The summed E-state index contributed by atoms with van der Waals surface area (Å²) in [5, 5.41) is 5.69. The fourth-order valence-corrected chi connectivity index (χ4v) is 1.79. The summed E-state index contributed by atoms with van der Waals surface area (Å²) in [7, 11) is 1.52. The predicted molar refractivity (Wildman–Crippen MR) is 73.1 cm³/mol. The van der Waals surface area contributed by atoms with E-state index in [0.29, 0.717) is 12.1 Å². The molecular formula is C14H19F3N2O2. The van der Waals surface area contributed by atoms with E-state index in [9.17, 15) is 18.0 Å². The summed E-state index contributed by atoms with van der Waals surface area (Å²) in [4.78, 5) is 11.9. The summed E-state index contributed by atoms with van der Waals surface area (Å²) in [6.45, 7) is 4.29. The summed E-state index contributed by atoms with van der Waals surface area (Å²) >= 11 is 0. The molecule has 0 aliphatic rings. The van der Waals surface area contributed by atoms with Crippen molar-refractivity contribution in [3.63, 3.8) is 0 Å². The van der Waals surface area contributed by atoms with Crippen LogP contribution in [0.2, 0.25) is 0 Å². The Hall–Kier alpha value is -1.76. The Balaban J connectivity index is 2.85. The molecular weight excluding hydrogens is 285 g/mol. The van der Waals surface area contributed by atoms with Crippen molar-refractivity contribution in [1.29, 1.82) is 0 Å². The SMILES string of the molecule is CNC(=O)[C@H](CNC(C)C)c1ccc(OC(F)(F)F)cc1. The summed E-state index contributed by atoms with van der Waals surface area (Å²) in [5.74, 6) is -0.983. The van der Waals surface area contributed by atoms with Crippen molar-refractivity contribution in [2.75, 3.05) is 13.6 Å². The normalized spacial score (nSPS) is 13.1. The van der Waals surface area contributed by atoms with Crippen LogP contribution in [0.25, 0.3) is 0 Å². The molecule has 0 saturated heterocycles.